The number of nitrogens with zero attached hydrogens (tertiary/aromatic N) is 1. The summed E-state index contributed by atoms with van der Waals surface area (Å²) < 4.78 is 0. The Morgan fingerprint density at radius 1 is 1.39 bits per heavy atom. The number of hydrogen-bond acceptors (Lipinski definition) is 2. The molecule has 1 saturated heterocycles. The minimum Gasteiger partial charge on any atom is -0.338 e. The monoisotopic (exact) mass is 246 g/mol. The van der Waals surface area contributed by atoms with Crippen LogP contribution in [0.2, 0.25) is 0 Å². The van der Waals surface area contributed by atoms with Crippen LogP contribution in [0.1, 0.15) is 31.7 Å². The molecule has 1 heterocycles. The fourth-order valence-corrected chi connectivity index (χ4v) is 2.69. The van der Waals surface area contributed by atoms with Crippen molar-refractivity contribution in [2.24, 2.45) is 5.73 Å². The Balaban J connectivity index is 2.02. The van der Waals surface area contributed by atoms with Crippen molar-refractivity contribution in [3.8, 4) is 0 Å². The molecule has 1 aliphatic heterocycles. The minimum absolute atomic E-state index is 0.0602. The predicted molar refractivity (Wildman–Crippen MR) is 73.1 cm³/mol. The Kier molecular flexibility index (Phi) is 4.37. The molecular formula is C15H22N2O. The highest BCUT2D eigenvalue weighted by atomic mass is 16.2. The molecule has 2 rings (SSSR count). The maximum absolute atomic E-state index is 12.4. The van der Waals surface area contributed by atoms with Gasteiger partial charge in [-0.05, 0) is 31.7 Å². The summed E-state index contributed by atoms with van der Waals surface area (Å²) in [6.45, 7) is 2.86. The average Bonchev–Trinajstić information content (AvgIpc) is 2.40. The van der Waals surface area contributed by atoms with E-state index in [1.54, 1.807) is 0 Å². The zero-order valence-corrected chi connectivity index (χ0v) is 11.0. The maximum atomic E-state index is 12.4. The van der Waals surface area contributed by atoms with Crippen LogP contribution in [0.15, 0.2) is 30.3 Å². The lowest BCUT2D eigenvalue weighted by Gasteiger charge is -2.38. The van der Waals surface area contributed by atoms with Crippen molar-refractivity contribution < 1.29 is 4.79 Å². The second-order valence-electron chi connectivity index (χ2n) is 5.17. The van der Waals surface area contributed by atoms with Crippen LogP contribution in [0.3, 0.4) is 0 Å². The fourth-order valence-electron chi connectivity index (χ4n) is 2.69. The van der Waals surface area contributed by atoms with Gasteiger partial charge in [-0.2, -0.15) is 0 Å². The van der Waals surface area contributed by atoms with Crippen molar-refractivity contribution >= 4 is 5.91 Å². The Bertz CT molecular complexity index is 389. The number of benzene rings is 1. The van der Waals surface area contributed by atoms with Gasteiger partial charge in [0.2, 0.25) is 5.91 Å². The van der Waals surface area contributed by atoms with E-state index >= 15 is 0 Å². The maximum Gasteiger partial charge on any atom is 0.227 e. The van der Waals surface area contributed by atoms with Crippen LogP contribution < -0.4 is 5.73 Å². The second kappa shape index (κ2) is 6.01. The molecule has 1 aromatic rings. The Hall–Kier alpha value is -1.35. The van der Waals surface area contributed by atoms with Gasteiger partial charge in [-0.1, -0.05) is 30.3 Å². The number of carbonyl (C=O) groups excluding carboxylic acids is 1. The van der Waals surface area contributed by atoms with Crippen molar-refractivity contribution in [2.45, 2.75) is 44.7 Å². The lowest BCUT2D eigenvalue weighted by atomic mass is 9.96. The highest BCUT2D eigenvalue weighted by Crippen LogP contribution is 2.20. The molecule has 2 atom stereocenters. The standard InChI is InChI=1S/C15H22N2O/c1-12(16)14-9-5-6-10-17(14)15(18)11-13-7-3-2-4-8-13/h2-4,7-8,12,14H,5-6,9-11,16H2,1H3. The summed E-state index contributed by atoms with van der Waals surface area (Å²) in [5.41, 5.74) is 7.07. The molecule has 1 aromatic carbocycles. The summed E-state index contributed by atoms with van der Waals surface area (Å²) in [4.78, 5) is 14.3. The summed E-state index contributed by atoms with van der Waals surface area (Å²) in [6.07, 6.45) is 3.81. The van der Waals surface area contributed by atoms with E-state index in [2.05, 4.69) is 0 Å². The van der Waals surface area contributed by atoms with E-state index in [1.807, 2.05) is 42.2 Å². The van der Waals surface area contributed by atoms with Crippen LogP contribution in [-0.2, 0) is 11.2 Å². The number of piperidine rings is 1. The molecule has 0 saturated carbocycles. The Morgan fingerprint density at radius 3 is 2.78 bits per heavy atom. The van der Waals surface area contributed by atoms with E-state index in [4.69, 9.17) is 5.73 Å². The minimum atomic E-state index is 0.0602. The molecule has 2 N–H and O–H groups in total. The number of nitrogens with two attached hydrogens (primary N) is 1. The van der Waals surface area contributed by atoms with E-state index in [9.17, 15) is 4.79 Å². The van der Waals surface area contributed by atoms with E-state index in [0.717, 1.165) is 24.9 Å². The summed E-state index contributed by atoms with van der Waals surface area (Å²) in [7, 11) is 0. The highest BCUT2D eigenvalue weighted by molar-refractivity contribution is 5.79. The summed E-state index contributed by atoms with van der Waals surface area (Å²) >= 11 is 0. The first-order valence-electron chi connectivity index (χ1n) is 6.77. The molecule has 98 valence electrons. The molecule has 18 heavy (non-hydrogen) atoms. The molecule has 0 radical (unpaired) electrons. The quantitative estimate of drug-likeness (QED) is 0.886. The van der Waals surface area contributed by atoms with Crippen molar-refractivity contribution in [2.75, 3.05) is 6.54 Å². The molecular weight excluding hydrogens is 224 g/mol. The van der Waals surface area contributed by atoms with Crippen LogP contribution in [0.4, 0.5) is 0 Å². The lowest BCUT2D eigenvalue weighted by molar-refractivity contribution is -0.134. The molecule has 0 aromatic heterocycles. The van der Waals surface area contributed by atoms with E-state index < -0.39 is 0 Å². The number of amides is 1. The third-order valence-electron chi connectivity index (χ3n) is 3.67. The largest absolute Gasteiger partial charge is 0.338 e. The lowest BCUT2D eigenvalue weighted by Crippen LogP contribution is -2.52. The van der Waals surface area contributed by atoms with Gasteiger partial charge in [0.05, 0.1) is 6.42 Å². The van der Waals surface area contributed by atoms with Gasteiger partial charge in [-0.15, -0.1) is 0 Å². The predicted octanol–water partition coefficient (Wildman–Crippen LogP) is 1.96. The SMILES string of the molecule is CC(N)C1CCCCN1C(=O)Cc1ccccc1. The number of carbonyl (C=O) groups is 1. The first-order chi connectivity index (χ1) is 8.68. The van der Waals surface area contributed by atoms with Crippen LogP contribution in [0.25, 0.3) is 0 Å². The van der Waals surface area contributed by atoms with Gasteiger partial charge in [0.1, 0.15) is 0 Å². The number of rotatable bonds is 3. The van der Waals surface area contributed by atoms with Gasteiger partial charge in [-0.25, -0.2) is 0 Å². The topological polar surface area (TPSA) is 46.3 Å². The van der Waals surface area contributed by atoms with Crippen molar-refractivity contribution in [1.82, 2.24) is 4.90 Å². The molecule has 1 amide bonds. The zero-order valence-electron chi connectivity index (χ0n) is 11.0. The van der Waals surface area contributed by atoms with Gasteiger partial charge in [0, 0.05) is 18.6 Å². The van der Waals surface area contributed by atoms with Crippen LogP contribution in [0.5, 0.6) is 0 Å². The van der Waals surface area contributed by atoms with Crippen LogP contribution in [0, 0.1) is 0 Å². The van der Waals surface area contributed by atoms with Gasteiger partial charge in [0.15, 0.2) is 0 Å². The van der Waals surface area contributed by atoms with Crippen LogP contribution >= 0.6 is 0 Å². The fraction of sp³-hybridized carbons (Fsp3) is 0.533. The second-order valence-corrected chi connectivity index (χ2v) is 5.17. The summed E-state index contributed by atoms with van der Waals surface area (Å²) in [6, 6.07) is 10.2. The van der Waals surface area contributed by atoms with E-state index in [0.29, 0.717) is 6.42 Å². The molecule has 1 aliphatic rings. The Morgan fingerprint density at radius 2 is 2.11 bits per heavy atom. The zero-order chi connectivity index (χ0) is 13.0. The average molecular weight is 246 g/mol. The van der Waals surface area contributed by atoms with Crippen molar-refractivity contribution in [3.63, 3.8) is 0 Å². The molecule has 0 aliphatic carbocycles. The van der Waals surface area contributed by atoms with Gasteiger partial charge < -0.3 is 10.6 Å². The molecule has 0 bridgehead atoms. The van der Waals surface area contributed by atoms with Crippen molar-refractivity contribution in [1.29, 1.82) is 0 Å². The smallest absolute Gasteiger partial charge is 0.227 e. The summed E-state index contributed by atoms with van der Waals surface area (Å²) in [5.74, 6) is 0.211. The first-order valence-corrected chi connectivity index (χ1v) is 6.77. The van der Waals surface area contributed by atoms with Gasteiger partial charge in [0.25, 0.3) is 0 Å². The Labute approximate surface area is 109 Å². The third-order valence-corrected chi connectivity index (χ3v) is 3.67. The van der Waals surface area contributed by atoms with Gasteiger partial charge >= 0.3 is 0 Å². The molecule has 1 fully saturated rings. The highest BCUT2D eigenvalue weighted by Gasteiger charge is 2.28. The van der Waals surface area contributed by atoms with Crippen molar-refractivity contribution in [3.05, 3.63) is 35.9 Å². The normalized spacial score (nSPS) is 21.7. The molecule has 0 spiro atoms. The van der Waals surface area contributed by atoms with Crippen LogP contribution in [-0.4, -0.2) is 29.4 Å². The molecule has 3 nitrogen and oxygen atoms in total. The van der Waals surface area contributed by atoms with E-state index in [-0.39, 0.29) is 18.0 Å². The molecule has 3 heteroatoms. The first kappa shape index (κ1) is 13.1. The van der Waals surface area contributed by atoms with Gasteiger partial charge in [-0.3, -0.25) is 4.79 Å². The summed E-state index contributed by atoms with van der Waals surface area (Å²) in [5, 5.41) is 0. The van der Waals surface area contributed by atoms with E-state index in [1.165, 1.54) is 6.42 Å². The molecule has 2 unspecified atom stereocenters. The number of likely N-dealkylation sites (tertiary alicyclic amines) is 1. The third kappa shape index (κ3) is 3.10. The number of hydrogen-bond donors (Lipinski definition) is 1.